The minimum absolute atomic E-state index is 0. The maximum Gasteiger partial charge on any atom is -0.00686 e. The summed E-state index contributed by atoms with van der Waals surface area (Å²) in [5.41, 5.74) is 4.27. The molecule has 0 heterocycles. The second-order valence-electron chi connectivity index (χ2n) is 8.51. The zero-order valence-electron chi connectivity index (χ0n) is 18.8. The second-order valence-corrected chi connectivity index (χ2v) is 9.41. The van der Waals surface area contributed by atoms with Gasteiger partial charge < -0.3 is 24.8 Å². The standard InChI is InChI=1S/C20H17.C7H14.2ClH.Ti/c1-13-10-11-14(2)20(13)18-9-5-8-17-16-7-4-3-6-15(16)12-19(17)18;1-6(2)5-7(3)4;;;/h3-13H,1-2H3;6-7H,1-4H3;2*1H;/q-1;;;;+2/p-2. The van der Waals surface area contributed by atoms with Gasteiger partial charge in [-0.3, -0.25) is 0 Å². The van der Waals surface area contributed by atoms with E-state index in [1.54, 1.807) is 3.81 Å². The molecule has 0 saturated carbocycles. The molecule has 0 saturated heterocycles. The predicted octanol–water partition coefficient (Wildman–Crippen LogP) is 1.72. The van der Waals surface area contributed by atoms with Gasteiger partial charge in [0, 0.05) is 0 Å². The molecule has 0 N–H and O–H groups in total. The average molecular weight is 474 g/mol. The fraction of sp³-hybridized carbons (Fsp3) is 0.333. The predicted molar refractivity (Wildman–Crippen MR) is 123 cm³/mol. The van der Waals surface area contributed by atoms with Gasteiger partial charge in [0.15, 0.2) is 0 Å². The van der Waals surface area contributed by atoms with Crippen molar-refractivity contribution in [2.45, 2.75) is 41.5 Å². The van der Waals surface area contributed by atoms with Crippen LogP contribution in [0, 0.1) is 17.8 Å². The van der Waals surface area contributed by atoms with E-state index in [1.165, 1.54) is 38.3 Å². The Labute approximate surface area is 205 Å². The van der Waals surface area contributed by atoms with Crippen molar-refractivity contribution in [1.82, 2.24) is 0 Å². The van der Waals surface area contributed by atoms with Gasteiger partial charge >= 0.3 is 63.3 Å². The Bertz CT molecular complexity index is 1060. The maximum atomic E-state index is 2.34. The zero-order valence-corrected chi connectivity index (χ0v) is 21.8. The van der Waals surface area contributed by atoms with Crippen molar-refractivity contribution in [3.8, 4) is 0 Å². The number of fused-ring (bicyclic) bond motifs is 3. The zero-order chi connectivity index (χ0) is 20.4. The quantitative estimate of drug-likeness (QED) is 0.401. The summed E-state index contributed by atoms with van der Waals surface area (Å²) in [7, 11) is 0. The van der Waals surface area contributed by atoms with Crippen molar-refractivity contribution in [3.05, 3.63) is 71.8 Å². The number of hydrogen-bond acceptors (Lipinski definition) is 0. The molecular weight excluding hydrogens is 443 g/mol. The smallest absolute Gasteiger partial charge is 0.00686 e. The summed E-state index contributed by atoms with van der Waals surface area (Å²) < 4.78 is 1.60. The van der Waals surface area contributed by atoms with Gasteiger partial charge in [-0.2, -0.15) is 0 Å². The van der Waals surface area contributed by atoms with Crippen LogP contribution in [0.3, 0.4) is 0 Å². The molecule has 0 radical (unpaired) electrons. The summed E-state index contributed by atoms with van der Waals surface area (Å²) in [5, 5.41) is 5.46. The summed E-state index contributed by atoms with van der Waals surface area (Å²) in [4.78, 5) is 0. The SMILES string of the molecule is CC(C)[C](=[Ti+2])C(C)C.CC1=C(c2cccc3c2[cH-]c2ccccc23)C(C)C=C1.[Cl-].[Cl-]. The van der Waals surface area contributed by atoms with E-state index in [1.807, 2.05) is 0 Å². The van der Waals surface area contributed by atoms with Crippen LogP contribution >= 0.6 is 0 Å². The van der Waals surface area contributed by atoms with Crippen LogP contribution < -0.4 is 24.8 Å². The Morgan fingerprint density at radius 2 is 1.50 bits per heavy atom. The van der Waals surface area contributed by atoms with Crippen LogP contribution in [0.25, 0.3) is 27.1 Å². The van der Waals surface area contributed by atoms with E-state index in [0.717, 1.165) is 11.8 Å². The molecule has 0 amide bonds. The molecule has 1 aliphatic carbocycles. The van der Waals surface area contributed by atoms with Gasteiger partial charge in [-0.1, -0.05) is 72.2 Å². The first-order chi connectivity index (χ1) is 13.3. The van der Waals surface area contributed by atoms with E-state index >= 15 is 0 Å². The Kier molecular flexibility index (Phi) is 10.4. The topological polar surface area (TPSA) is 0 Å². The molecule has 0 aromatic heterocycles. The third kappa shape index (κ3) is 5.60. The monoisotopic (exact) mass is 473 g/mol. The number of rotatable bonds is 3. The Morgan fingerprint density at radius 3 is 2.03 bits per heavy atom. The first kappa shape index (κ1) is 27.0. The second kappa shape index (κ2) is 11.5. The summed E-state index contributed by atoms with van der Waals surface area (Å²) in [6, 6.07) is 17.7. The van der Waals surface area contributed by atoms with Gasteiger partial charge in [0.05, 0.1) is 0 Å². The van der Waals surface area contributed by atoms with Gasteiger partial charge in [0.2, 0.25) is 0 Å². The molecule has 3 aromatic rings. The molecule has 0 fully saturated rings. The number of hydrogen-bond donors (Lipinski definition) is 0. The summed E-state index contributed by atoms with van der Waals surface area (Å²) in [6.07, 6.45) is 4.55. The summed E-state index contributed by atoms with van der Waals surface area (Å²) in [5.74, 6) is 2.03. The summed E-state index contributed by atoms with van der Waals surface area (Å²) >= 11 is 2.23. The van der Waals surface area contributed by atoms with Crippen LogP contribution in [0.4, 0.5) is 0 Å². The van der Waals surface area contributed by atoms with E-state index < -0.39 is 0 Å². The molecule has 1 atom stereocenters. The van der Waals surface area contributed by atoms with Crippen molar-refractivity contribution in [2.24, 2.45) is 17.8 Å². The minimum Gasteiger partial charge on any atom is -1.00 e. The Hall–Kier alpha value is -1.05. The van der Waals surface area contributed by atoms with Crippen molar-refractivity contribution in [1.29, 1.82) is 0 Å². The molecule has 3 heteroatoms. The Balaban J connectivity index is 0.000000393. The van der Waals surface area contributed by atoms with Gasteiger partial charge in [-0.05, 0) is 12.8 Å². The largest absolute Gasteiger partial charge is 1.00 e. The molecule has 158 valence electrons. The molecule has 0 nitrogen and oxygen atoms in total. The van der Waals surface area contributed by atoms with Crippen LogP contribution in [-0.4, -0.2) is 3.81 Å². The molecule has 1 aliphatic rings. The minimum atomic E-state index is 0. The third-order valence-electron chi connectivity index (χ3n) is 5.71. The van der Waals surface area contributed by atoms with E-state index in [9.17, 15) is 0 Å². The van der Waals surface area contributed by atoms with Gasteiger partial charge in [-0.15, -0.1) is 33.7 Å². The van der Waals surface area contributed by atoms with Crippen molar-refractivity contribution in [3.63, 3.8) is 0 Å². The van der Waals surface area contributed by atoms with E-state index in [-0.39, 0.29) is 24.8 Å². The van der Waals surface area contributed by atoms with Crippen molar-refractivity contribution < 1.29 is 44.8 Å². The number of halogens is 2. The molecule has 3 aromatic carbocycles. The van der Waals surface area contributed by atoms with Crippen LogP contribution in [0.1, 0.15) is 47.1 Å². The Morgan fingerprint density at radius 1 is 0.900 bits per heavy atom. The van der Waals surface area contributed by atoms with Gasteiger partial charge in [0.25, 0.3) is 0 Å². The molecular formula is C27H31Cl2Ti-. The molecule has 1 unspecified atom stereocenters. The first-order valence-corrected chi connectivity index (χ1v) is 11.1. The molecule has 0 spiro atoms. The van der Waals surface area contributed by atoms with Crippen LogP contribution in [0.15, 0.2) is 66.3 Å². The fourth-order valence-corrected chi connectivity index (χ4v) is 4.17. The van der Waals surface area contributed by atoms with E-state index in [4.69, 9.17) is 0 Å². The van der Waals surface area contributed by atoms with E-state index in [2.05, 4.69) is 122 Å². The molecule has 0 bridgehead atoms. The van der Waals surface area contributed by atoms with Gasteiger partial charge in [0.1, 0.15) is 0 Å². The van der Waals surface area contributed by atoms with Crippen LogP contribution in [0.5, 0.6) is 0 Å². The normalized spacial score (nSPS) is 15.3. The molecule has 30 heavy (non-hydrogen) atoms. The molecule has 4 rings (SSSR count). The van der Waals surface area contributed by atoms with Gasteiger partial charge in [-0.25, -0.2) is 0 Å². The maximum absolute atomic E-state index is 2.34. The number of allylic oxidation sites excluding steroid dienone is 4. The van der Waals surface area contributed by atoms with Crippen LogP contribution in [-0.2, 0) is 20.0 Å². The van der Waals surface area contributed by atoms with Crippen LogP contribution in [0.2, 0.25) is 0 Å². The van der Waals surface area contributed by atoms with Crippen molar-refractivity contribution >= 4 is 30.9 Å². The third-order valence-corrected chi connectivity index (χ3v) is 7.51. The average Bonchev–Trinajstić information content (AvgIpc) is 3.21. The fourth-order valence-electron chi connectivity index (χ4n) is 4.17. The first-order valence-electron chi connectivity index (χ1n) is 10.4. The van der Waals surface area contributed by atoms with E-state index in [0.29, 0.717) is 5.92 Å². The molecule has 0 aliphatic heterocycles. The summed E-state index contributed by atoms with van der Waals surface area (Å²) in [6.45, 7) is 13.5. The van der Waals surface area contributed by atoms with Crippen molar-refractivity contribution in [2.75, 3.05) is 0 Å². The number of benzene rings is 2.